The summed E-state index contributed by atoms with van der Waals surface area (Å²) in [6.45, 7) is 6.48. The summed E-state index contributed by atoms with van der Waals surface area (Å²) in [5.41, 5.74) is 0. The fourth-order valence-corrected chi connectivity index (χ4v) is 2.49. The molecule has 1 unspecified atom stereocenters. The molecule has 13 heavy (non-hydrogen) atoms. The third-order valence-corrected chi connectivity index (χ3v) is 3.60. The molecular weight excluding hydrogens is 164 g/mol. The standard InChI is InChI=1S/C11H20O2/c1-8-6-4-5-7-11(8)12-9(2)10(3)13-11/h8-10H,4-7H2,1-3H3/t8?,9-,10-/m0/s1. The summed E-state index contributed by atoms with van der Waals surface area (Å²) in [5.74, 6) is 0.338. The van der Waals surface area contributed by atoms with E-state index in [4.69, 9.17) is 9.47 Å². The van der Waals surface area contributed by atoms with Crippen LogP contribution in [0, 0.1) is 5.92 Å². The quantitative estimate of drug-likeness (QED) is 0.576. The Labute approximate surface area is 80.6 Å². The number of hydrogen-bond acceptors (Lipinski definition) is 2. The summed E-state index contributed by atoms with van der Waals surface area (Å²) in [7, 11) is 0. The van der Waals surface area contributed by atoms with E-state index in [-0.39, 0.29) is 18.0 Å². The second kappa shape index (κ2) is 3.25. The maximum atomic E-state index is 5.99. The molecule has 1 heterocycles. The van der Waals surface area contributed by atoms with Crippen molar-refractivity contribution >= 4 is 0 Å². The van der Waals surface area contributed by atoms with Crippen molar-refractivity contribution in [2.75, 3.05) is 0 Å². The minimum absolute atomic E-state index is 0.225. The Morgan fingerprint density at radius 3 is 2.15 bits per heavy atom. The van der Waals surface area contributed by atoms with E-state index in [0.717, 1.165) is 6.42 Å². The summed E-state index contributed by atoms with van der Waals surface area (Å²) >= 11 is 0. The van der Waals surface area contributed by atoms with Gasteiger partial charge in [0.2, 0.25) is 0 Å². The molecule has 0 N–H and O–H groups in total. The summed E-state index contributed by atoms with van der Waals surface area (Å²) in [5, 5.41) is 0. The van der Waals surface area contributed by atoms with Crippen molar-refractivity contribution in [1.82, 2.24) is 0 Å². The van der Waals surface area contributed by atoms with E-state index < -0.39 is 0 Å². The molecule has 1 aliphatic carbocycles. The molecule has 1 saturated carbocycles. The first-order valence-corrected chi connectivity index (χ1v) is 5.50. The molecule has 2 nitrogen and oxygen atoms in total. The van der Waals surface area contributed by atoms with Gasteiger partial charge in [0.05, 0.1) is 12.2 Å². The van der Waals surface area contributed by atoms with Gasteiger partial charge in [-0.25, -0.2) is 0 Å². The Morgan fingerprint density at radius 2 is 1.62 bits per heavy atom. The fraction of sp³-hybridized carbons (Fsp3) is 1.00. The van der Waals surface area contributed by atoms with Crippen LogP contribution in [0.5, 0.6) is 0 Å². The molecule has 3 atom stereocenters. The molecular formula is C11H20O2. The maximum absolute atomic E-state index is 5.99. The Kier molecular flexibility index (Phi) is 2.37. The molecule has 2 heteroatoms. The fourth-order valence-electron chi connectivity index (χ4n) is 2.49. The first-order chi connectivity index (χ1) is 6.14. The average molecular weight is 184 g/mol. The highest BCUT2D eigenvalue weighted by molar-refractivity contribution is 4.88. The lowest BCUT2D eigenvalue weighted by molar-refractivity contribution is -0.221. The van der Waals surface area contributed by atoms with Crippen LogP contribution in [0.25, 0.3) is 0 Å². The van der Waals surface area contributed by atoms with E-state index in [1.54, 1.807) is 0 Å². The summed E-state index contributed by atoms with van der Waals surface area (Å²) in [4.78, 5) is 0. The van der Waals surface area contributed by atoms with E-state index in [9.17, 15) is 0 Å². The van der Waals surface area contributed by atoms with Crippen LogP contribution >= 0.6 is 0 Å². The van der Waals surface area contributed by atoms with Crippen molar-refractivity contribution in [3.8, 4) is 0 Å². The van der Waals surface area contributed by atoms with Crippen LogP contribution in [0.4, 0.5) is 0 Å². The van der Waals surface area contributed by atoms with Crippen molar-refractivity contribution in [3.63, 3.8) is 0 Å². The molecule has 0 radical (unpaired) electrons. The van der Waals surface area contributed by atoms with Crippen LogP contribution in [-0.2, 0) is 9.47 Å². The van der Waals surface area contributed by atoms with E-state index in [2.05, 4.69) is 20.8 Å². The molecule has 1 aliphatic heterocycles. The van der Waals surface area contributed by atoms with Crippen molar-refractivity contribution in [2.45, 2.75) is 64.4 Å². The lowest BCUT2D eigenvalue weighted by Gasteiger charge is -2.37. The van der Waals surface area contributed by atoms with Gasteiger partial charge in [0.15, 0.2) is 5.79 Å². The minimum atomic E-state index is -0.225. The molecule has 76 valence electrons. The molecule has 0 aromatic carbocycles. The van der Waals surface area contributed by atoms with E-state index >= 15 is 0 Å². The van der Waals surface area contributed by atoms with Gasteiger partial charge in [0, 0.05) is 12.3 Å². The van der Waals surface area contributed by atoms with Gasteiger partial charge in [-0.3, -0.25) is 0 Å². The molecule has 2 rings (SSSR count). The van der Waals surface area contributed by atoms with Gasteiger partial charge in [-0.1, -0.05) is 13.3 Å². The summed E-state index contributed by atoms with van der Waals surface area (Å²) in [6, 6.07) is 0. The van der Waals surface area contributed by atoms with Crippen molar-refractivity contribution < 1.29 is 9.47 Å². The second-order valence-corrected chi connectivity index (χ2v) is 4.60. The molecule has 2 fully saturated rings. The van der Waals surface area contributed by atoms with Crippen molar-refractivity contribution in [3.05, 3.63) is 0 Å². The minimum Gasteiger partial charge on any atom is -0.344 e. The Hall–Kier alpha value is -0.0800. The largest absolute Gasteiger partial charge is 0.344 e. The molecule has 0 aromatic rings. The lowest BCUT2D eigenvalue weighted by atomic mass is 9.84. The third kappa shape index (κ3) is 1.50. The second-order valence-electron chi connectivity index (χ2n) is 4.60. The van der Waals surface area contributed by atoms with Gasteiger partial charge >= 0.3 is 0 Å². The Bertz CT molecular complexity index is 181. The van der Waals surface area contributed by atoms with Crippen molar-refractivity contribution in [2.24, 2.45) is 5.92 Å². The Morgan fingerprint density at radius 1 is 1.00 bits per heavy atom. The highest BCUT2D eigenvalue weighted by atomic mass is 16.8. The van der Waals surface area contributed by atoms with Crippen LogP contribution < -0.4 is 0 Å². The molecule has 0 aromatic heterocycles. The van der Waals surface area contributed by atoms with Crippen LogP contribution in [-0.4, -0.2) is 18.0 Å². The average Bonchev–Trinajstić information content (AvgIpc) is 2.36. The van der Waals surface area contributed by atoms with E-state index in [1.807, 2.05) is 0 Å². The highest BCUT2D eigenvalue weighted by Crippen LogP contribution is 2.43. The maximum Gasteiger partial charge on any atom is 0.171 e. The SMILES string of the molecule is CC1CCCCC12O[C@@H](C)[C@H](C)O2. The van der Waals surface area contributed by atoms with E-state index in [1.165, 1.54) is 19.3 Å². The predicted octanol–water partition coefficient (Wildman–Crippen LogP) is 2.72. The number of hydrogen-bond donors (Lipinski definition) is 0. The molecule has 0 amide bonds. The van der Waals surface area contributed by atoms with E-state index in [0.29, 0.717) is 5.92 Å². The first-order valence-electron chi connectivity index (χ1n) is 5.50. The van der Waals surface area contributed by atoms with Crippen LogP contribution in [0.1, 0.15) is 46.5 Å². The zero-order chi connectivity index (χ0) is 9.47. The molecule has 1 saturated heterocycles. The summed E-state index contributed by atoms with van der Waals surface area (Å²) in [6.07, 6.45) is 5.45. The highest BCUT2D eigenvalue weighted by Gasteiger charge is 2.48. The van der Waals surface area contributed by atoms with Gasteiger partial charge in [-0.05, 0) is 26.7 Å². The lowest BCUT2D eigenvalue weighted by Crippen LogP contribution is -2.40. The molecule has 1 spiro atoms. The Balaban J connectivity index is 2.11. The van der Waals surface area contributed by atoms with Crippen molar-refractivity contribution in [1.29, 1.82) is 0 Å². The molecule has 2 aliphatic rings. The first kappa shape index (κ1) is 9.47. The monoisotopic (exact) mass is 184 g/mol. The third-order valence-electron chi connectivity index (χ3n) is 3.60. The molecule has 0 bridgehead atoms. The van der Waals surface area contributed by atoms with Gasteiger partial charge in [0.25, 0.3) is 0 Å². The normalized spacial score (nSPS) is 44.1. The zero-order valence-corrected chi connectivity index (χ0v) is 8.88. The van der Waals surface area contributed by atoms with Crippen LogP contribution in [0.2, 0.25) is 0 Å². The topological polar surface area (TPSA) is 18.5 Å². The number of rotatable bonds is 0. The van der Waals surface area contributed by atoms with Gasteiger partial charge in [0.1, 0.15) is 0 Å². The van der Waals surface area contributed by atoms with Gasteiger partial charge in [-0.2, -0.15) is 0 Å². The van der Waals surface area contributed by atoms with Gasteiger partial charge in [-0.15, -0.1) is 0 Å². The number of ether oxygens (including phenoxy) is 2. The van der Waals surface area contributed by atoms with Crippen LogP contribution in [0.15, 0.2) is 0 Å². The smallest absolute Gasteiger partial charge is 0.171 e. The van der Waals surface area contributed by atoms with Gasteiger partial charge < -0.3 is 9.47 Å². The summed E-state index contributed by atoms with van der Waals surface area (Å²) < 4.78 is 12.0. The van der Waals surface area contributed by atoms with Crippen LogP contribution in [0.3, 0.4) is 0 Å². The zero-order valence-electron chi connectivity index (χ0n) is 8.88. The predicted molar refractivity (Wildman–Crippen MR) is 51.5 cm³/mol.